The minimum Gasteiger partial charge on any atom is -0.497 e. The standard InChI is InChI=1S/C25H25NO5S/c1-4-31-24(27)25(20-8-6-5-7-9-20)23(19-12-10-18(2)11-13-19)26(25)32(28,29)22-16-14-21(30-3)15-17-22/h5-17,23H,4H2,1-3H3/t23-,25+,26?/m0/s1. The molecule has 1 aliphatic heterocycles. The van der Waals surface area contributed by atoms with Gasteiger partial charge in [-0.2, -0.15) is 4.31 Å². The minimum absolute atomic E-state index is 0.0810. The van der Waals surface area contributed by atoms with Gasteiger partial charge >= 0.3 is 5.97 Å². The molecule has 1 fully saturated rings. The fourth-order valence-corrected chi connectivity index (χ4v) is 5.99. The number of hydrogen-bond acceptors (Lipinski definition) is 5. The lowest BCUT2D eigenvalue weighted by molar-refractivity contribution is -0.147. The van der Waals surface area contributed by atoms with E-state index in [9.17, 15) is 13.2 Å². The summed E-state index contributed by atoms with van der Waals surface area (Å²) in [6, 6.07) is 21.9. The molecule has 1 unspecified atom stereocenters. The number of rotatable bonds is 7. The number of carbonyl (C=O) groups is 1. The number of sulfonamides is 1. The van der Waals surface area contributed by atoms with Gasteiger partial charge in [0, 0.05) is 0 Å². The highest BCUT2D eigenvalue weighted by Gasteiger charge is 2.75. The third kappa shape index (κ3) is 3.47. The number of benzene rings is 3. The first-order valence-electron chi connectivity index (χ1n) is 10.3. The number of carbonyl (C=O) groups excluding carboxylic acids is 1. The Morgan fingerprint density at radius 3 is 2.16 bits per heavy atom. The lowest BCUT2D eigenvalue weighted by Gasteiger charge is -2.17. The summed E-state index contributed by atoms with van der Waals surface area (Å²) in [5.41, 5.74) is 0.858. The first kappa shape index (κ1) is 22.0. The summed E-state index contributed by atoms with van der Waals surface area (Å²) in [6.45, 7) is 3.81. The summed E-state index contributed by atoms with van der Waals surface area (Å²) in [5.74, 6) is -0.0431. The van der Waals surface area contributed by atoms with Gasteiger partial charge < -0.3 is 9.47 Å². The van der Waals surface area contributed by atoms with Crippen molar-refractivity contribution < 1.29 is 22.7 Å². The summed E-state index contributed by atoms with van der Waals surface area (Å²) < 4.78 is 39.5. The van der Waals surface area contributed by atoms with Gasteiger partial charge in [0.1, 0.15) is 5.75 Å². The van der Waals surface area contributed by atoms with Gasteiger partial charge in [-0.25, -0.2) is 13.2 Å². The summed E-state index contributed by atoms with van der Waals surface area (Å²) in [5, 5.41) is 0. The van der Waals surface area contributed by atoms with Crippen LogP contribution in [0.1, 0.15) is 29.7 Å². The van der Waals surface area contributed by atoms with Crippen molar-refractivity contribution in [3.05, 3.63) is 95.6 Å². The monoisotopic (exact) mass is 451 g/mol. The van der Waals surface area contributed by atoms with Gasteiger partial charge in [-0.3, -0.25) is 0 Å². The van der Waals surface area contributed by atoms with Crippen molar-refractivity contribution >= 4 is 16.0 Å². The van der Waals surface area contributed by atoms with Gasteiger partial charge in [-0.1, -0.05) is 60.2 Å². The number of aryl methyl sites for hydroxylation is 1. The number of methoxy groups -OCH3 is 1. The molecule has 3 aromatic carbocycles. The molecule has 0 aromatic heterocycles. The Hall–Kier alpha value is -3.16. The van der Waals surface area contributed by atoms with Crippen molar-refractivity contribution in [2.24, 2.45) is 0 Å². The molecule has 1 aliphatic rings. The second-order valence-corrected chi connectivity index (χ2v) is 9.46. The Kier molecular flexibility index (Phi) is 5.79. The fraction of sp³-hybridized carbons (Fsp3) is 0.240. The Morgan fingerprint density at radius 1 is 0.969 bits per heavy atom. The van der Waals surface area contributed by atoms with Gasteiger partial charge in [0.2, 0.25) is 10.0 Å². The molecule has 166 valence electrons. The molecule has 0 saturated carbocycles. The van der Waals surface area contributed by atoms with Crippen molar-refractivity contribution in [3.63, 3.8) is 0 Å². The quantitative estimate of drug-likeness (QED) is 0.398. The Labute approximate surface area is 188 Å². The van der Waals surface area contributed by atoms with Gasteiger partial charge in [0.15, 0.2) is 5.54 Å². The van der Waals surface area contributed by atoms with E-state index in [2.05, 4.69) is 0 Å². The molecule has 0 radical (unpaired) electrons. The molecule has 32 heavy (non-hydrogen) atoms. The summed E-state index contributed by atoms with van der Waals surface area (Å²) in [6.07, 6.45) is 0. The topological polar surface area (TPSA) is 72.7 Å². The van der Waals surface area contributed by atoms with Crippen LogP contribution in [-0.4, -0.2) is 32.4 Å². The molecule has 3 aromatic rings. The van der Waals surface area contributed by atoms with E-state index in [0.717, 1.165) is 11.1 Å². The van der Waals surface area contributed by atoms with Gasteiger partial charge in [-0.15, -0.1) is 0 Å². The molecule has 0 bridgehead atoms. The van der Waals surface area contributed by atoms with Gasteiger partial charge in [-0.05, 0) is 49.2 Å². The highest BCUT2D eigenvalue weighted by atomic mass is 32.2. The lowest BCUT2D eigenvalue weighted by Crippen LogP contribution is -2.32. The maximum absolute atomic E-state index is 13.8. The van der Waals surface area contributed by atoms with Crippen molar-refractivity contribution in [3.8, 4) is 5.75 Å². The second kappa shape index (κ2) is 8.41. The average molecular weight is 452 g/mol. The van der Waals surface area contributed by atoms with Gasteiger partial charge in [0.25, 0.3) is 0 Å². The van der Waals surface area contributed by atoms with E-state index in [-0.39, 0.29) is 11.5 Å². The second-order valence-electron chi connectivity index (χ2n) is 7.64. The lowest BCUT2D eigenvalue weighted by atomic mass is 9.91. The molecule has 1 saturated heterocycles. The number of nitrogens with zero attached hydrogens (tertiary/aromatic N) is 1. The molecule has 0 spiro atoms. The number of esters is 1. The molecule has 3 atom stereocenters. The van der Waals surface area contributed by atoms with E-state index in [0.29, 0.717) is 11.3 Å². The van der Waals surface area contributed by atoms with Crippen LogP contribution in [0.5, 0.6) is 5.75 Å². The zero-order valence-corrected chi connectivity index (χ0v) is 19.0. The summed E-state index contributed by atoms with van der Waals surface area (Å²) in [4.78, 5) is 13.5. The van der Waals surface area contributed by atoms with Crippen molar-refractivity contribution in [1.82, 2.24) is 4.31 Å². The molecular weight excluding hydrogens is 426 g/mol. The molecule has 0 aliphatic carbocycles. The highest BCUT2D eigenvalue weighted by Crippen LogP contribution is 2.63. The van der Waals surface area contributed by atoms with Crippen LogP contribution in [0.4, 0.5) is 0 Å². The molecule has 4 rings (SSSR count). The van der Waals surface area contributed by atoms with E-state index in [1.165, 1.54) is 23.5 Å². The smallest absolute Gasteiger partial charge is 0.334 e. The maximum atomic E-state index is 13.8. The number of hydrogen-bond donors (Lipinski definition) is 0. The molecule has 6 nitrogen and oxygen atoms in total. The average Bonchev–Trinajstić information content (AvgIpc) is 3.53. The van der Waals surface area contributed by atoms with E-state index < -0.39 is 27.6 Å². The van der Waals surface area contributed by atoms with Crippen molar-refractivity contribution in [2.45, 2.75) is 30.3 Å². The molecule has 1 heterocycles. The first-order valence-corrected chi connectivity index (χ1v) is 11.8. The molecule has 0 N–H and O–H groups in total. The van der Waals surface area contributed by atoms with Crippen LogP contribution in [0.15, 0.2) is 83.8 Å². The third-order valence-corrected chi connectivity index (χ3v) is 7.60. The van der Waals surface area contributed by atoms with Crippen molar-refractivity contribution in [1.29, 1.82) is 0 Å². The Bertz CT molecular complexity index is 1210. The largest absolute Gasteiger partial charge is 0.497 e. The minimum atomic E-state index is -4.04. The van der Waals surface area contributed by atoms with Crippen molar-refractivity contribution in [2.75, 3.05) is 13.7 Å². The van der Waals surface area contributed by atoms with E-state index in [1.807, 2.05) is 37.3 Å². The van der Waals surface area contributed by atoms with E-state index in [4.69, 9.17) is 9.47 Å². The van der Waals surface area contributed by atoms with Crippen LogP contribution < -0.4 is 4.74 Å². The summed E-state index contributed by atoms with van der Waals surface area (Å²) in [7, 11) is -2.52. The van der Waals surface area contributed by atoms with Crippen LogP contribution in [0.3, 0.4) is 0 Å². The molecule has 0 amide bonds. The van der Waals surface area contributed by atoms with Crippen LogP contribution in [0, 0.1) is 6.92 Å². The Morgan fingerprint density at radius 2 is 1.59 bits per heavy atom. The highest BCUT2D eigenvalue weighted by molar-refractivity contribution is 7.89. The van der Waals surface area contributed by atoms with Crippen LogP contribution in [0.25, 0.3) is 0 Å². The van der Waals surface area contributed by atoms with Gasteiger partial charge in [0.05, 0.1) is 24.7 Å². The predicted molar refractivity (Wildman–Crippen MR) is 121 cm³/mol. The van der Waals surface area contributed by atoms with E-state index >= 15 is 0 Å². The molecule has 7 heteroatoms. The predicted octanol–water partition coefficient (Wildman–Crippen LogP) is 4.21. The first-order chi connectivity index (χ1) is 15.4. The Balaban J connectivity index is 1.92. The van der Waals surface area contributed by atoms with Crippen LogP contribution in [0.2, 0.25) is 0 Å². The SMILES string of the molecule is CCOC(=O)[C@@]1(c2ccccc2)[C@H](c2ccc(C)cc2)N1S(=O)(=O)c1ccc(OC)cc1. The number of ether oxygens (including phenoxy) is 2. The third-order valence-electron chi connectivity index (χ3n) is 5.72. The zero-order chi connectivity index (χ0) is 22.9. The van der Waals surface area contributed by atoms with Crippen LogP contribution in [-0.2, 0) is 25.1 Å². The van der Waals surface area contributed by atoms with Crippen LogP contribution >= 0.6 is 0 Å². The summed E-state index contributed by atoms with van der Waals surface area (Å²) >= 11 is 0. The molecular formula is C25H25NO5S. The zero-order valence-electron chi connectivity index (χ0n) is 18.2. The maximum Gasteiger partial charge on any atom is 0.334 e. The fourth-order valence-electron chi connectivity index (χ4n) is 4.12. The van der Waals surface area contributed by atoms with E-state index in [1.54, 1.807) is 43.3 Å². The normalized spacial score (nSPS) is 22.2.